The average Bonchev–Trinajstić information content (AvgIpc) is 2.76. The van der Waals surface area contributed by atoms with Crippen LogP contribution in [0.5, 0.6) is 0 Å². The minimum absolute atomic E-state index is 0.138. The summed E-state index contributed by atoms with van der Waals surface area (Å²) < 4.78 is 21.0. The zero-order valence-electron chi connectivity index (χ0n) is 12.1. The third-order valence-corrected chi connectivity index (χ3v) is 3.68. The van der Waals surface area contributed by atoms with E-state index in [9.17, 15) is 4.39 Å². The number of aromatic nitrogens is 2. The molecule has 0 bridgehead atoms. The van der Waals surface area contributed by atoms with Crippen LogP contribution in [0.2, 0.25) is 0 Å². The Morgan fingerprint density at radius 2 is 2.15 bits per heavy atom. The molecule has 0 aliphatic heterocycles. The van der Waals surface area contributed by atoms with Crippen LogP contribution in [0.4, 0.5) is 4.39 Å². The number of rotatable bonds is 6. The number of halogens is 2. The van der Waals surface area contributed by atoms with Crippen LogP contribution < -0.4 is 0 Å². The molecule has 0 spiro atoms. The molecule has 0 aliphatic rings. The maximum atomic E-state index is 13.3. The molecule has 2 aromatic rings. The van der Waals surface area contributed by atoms with Gasteiger partial charge in [-0.05, 0) is 25.0 Å². The van der Waals surface area contributed by atoms with Crippen molar-refractivity contribution in [3.8, 4) is 0 Å². The van der Waals surface area contributed by atoms with Gasteiger partial charge in [-0.25, -0.2) is 9.37 Å². The number of nitrogens with zero attached hydrogens (tertiary/aromatic N) is 2. The van der Waals surface area contributed by atoms with E-state index in [1.54, 1.807) is 6.07 Å². The van der Waals surface area contributed by atoms with E-state index in [4.69, 9.17) is 16.3 Å². The molecular formula is C15H20ClFN2O. The lowest BCUT2D eigenvalue weighted by molar-refractivity contribution is 0.0971. The van der Waals surface area contributed by atoms with Gasteiger partial charge in [0, 0.05) is 12.7 Å². The lowest BCUT2D eigenvalue weighted by Gasteiger charge is -2.24. The molecule has 3 nitrogen and oxygen atoms in total. The Labute approximate surface area is 123 Å². The molecule has 0 fully saturated rings. The maximum Gasteiger partial charge on any atom is 0.125 e. The van der Waals surface area contributed by atoms with Crippen LogP contribution >= 0.6 is 11.6 Å². The van der Waals surface area contributed by atoms with Crippen LogP contribution in [-0.4, -0.2) is 22.8 Å². The fourth-order valence-corrected chi connectivity index (χ4v) is 2.58. The molecule has 1 heterocycles. The number of hydrogen-bond donors (Lipinski definition) is 0. The number of alkyl halides is 1. The highest BCUT2D eigenvalue weighted by molar-refractivity contribution is 6.16. The fourth-order valence-electron chi connectivity index (χ4n) is 2.39. The summed E-state index contributed by atoms with van der Waals surface area (Å²) in [6, 6.07) is 4.80. The Balaban J connectivity index is 2.54. The van der Waals surface area contributed by atoms with Gasteiger partial charge in [-0.15, -0.1) is 11.6 Å². The van der Waals surface area contributed by atoms with Gasteiger partial charge in [0.1, 0.15) is 11.6 Å². The monoisotopic (exact) mass is 298 g/mol. The smallest absolute Gasteiger partial charge is 0.125 e. The second-order valence-corrected chi connectivity index (χ2v) is 5.40. The Morgan fingerprint density at radius 1 is 1.40 bits per heavy atom. The molecule has 1 aromatic heterocycles. The van der Waals surface area contributed by atoms with Crippen LogP contribution in [0.15, 0.2) is 18.2 Å². The van der Waals surface area contributed by atoms with Gasteiger partial charge >= 0.3 is 0 Å². The Hall–Kier alpha value is -1.13. The van der Waals surface area contributed by atoms with Crippen LogP contribution in [0, 0.1) is 11.7 Å². The van der Waals surface area contributed by atoms with Crippen LogP contribution in [0.25, 0.3) is 11.0 Å². The van der Waals surface area contributed by atoms with Crippen molar-refractivity contribution in [3.05, 3.63) is 29.8 Å². The molecule has 1 unspecified atom stereocenters. The van der Waals surface area contributed by atoms with Crippen LogP contribution in [0.1, 0.15) is 32.6 Å². The SMILES string of the molecule is CCOCC(C(C)C)n1c(CCl)nc2cc(F)ccc21. The average molecular weight is 299 g/mol. The molecule has 0 radical (unpaired) electrons. The van der Waals surface area contributed by atoms with Gasteiger partial charge in [-0.1, -0.05) is 13.8 Å². The van der Waals surface area contributed by atoms with E-state index in [0.29, 0.717) is 30.5 Å². The summed E-state index contributed by atoms with van der Waals surface area (Å²) in [5, 5.41) is 0. The lowest BCUT2D eigenvalue weighted by Crippen LogP contribution is -2.22. The first-order valence-electron chi connectivity index (χ1n) is 6.88. The van der Waals surface area contributed by atoms with E-state index >= 15 is 0 Å². The van der Waals surface area contributed by atoms with Gasteiger partial charge in [0.15, 0.2) is 0 Å². The van der Waals surface area contributed by atoms with E-state index in [2.05, 4.69) is 23.4 Å². The molecule has 2 rings (SSSR count). The van der Waals surface area contributed by atoms with Crippen molar-refractivity contribution in [2.24, 2.45) is 5.92 Å². The molecule has 5 heteroatoms. The molecule has 1 atom stereocenters. The topological polar surface area (TPSA) is 27.1 Å². The first-order chi connectivity index (χ1) is 9.58. The highest BCUT2D eigenvalue weighted by Gasteiger charge is 2.22. The molecule has 20 heavy (non-hydrogen) atoms. The molecule has 0 aliphatic carbocycles. The number of imidazole rings is 1. The predicted octanol–water partition coefficient (Wildman–Crippen LogP) is 4.15. The molecular weight excluding hydrogens is 279 g/mol. The molecule has 0 amide bonds. The van der Waals surface area contributed by atoms with Crippen LogP contribution in [0.3, 0.4) is 0 Å². The van der Waals surface area contributed by atoms with Gasteiger partial charge in [0.2, 0.25) is 0 Å². The van der Waals surface area contributed by atoms with Crippen molar-refractivity contribution in [2.45, 2.75) is 32.7 Å². The normalized spacial score (nSPS) is 13.3. The number of hydrogen-bond acceptors (Lipinski definition) is 2. The minimum atomic E-state index is -0.283. The fraction of sp³-hybridized carbons (Fsp3) is 0.533. The summed E-state index contributed by atoms with van der Waals surface area (Å²) in [5.74, 6) is 1.14. The largest absolute Gasteiger partial charge is 0.380 e. The first-order valence-corrected chi connectivity index (χ1v) is 7.42. The van der Waals surface area contributed by atoms with Crippen molar-refractivity contribution in [3.63, 3.8) is 0 Å². The molecule has 0 saturated heterocycles. The standard InChI is InChI=1S/C15H20ClFN2O/c1-4-20-9-14(10(2)3)19-13-6-5-11(17)7-12(13)18-15(19)8-16/h5-7,10,14H,4,8-9H2,1-3H3. The number of fused-ring (bicyclic) bond motifs is 1. The second-order valence-electron chi connectivity index (χ2n) is 5.14. The third kappa shape index (κ3) is 2.96. The van der Waals surface area contributed by atoms with Gasteiger partial charge in [-0.2, -0.15) is 0 Å². The van der Waals surface area contributed by atoms with E-state index in [1.165, 1.54) is 12.1 Å². The highest BCUT2D eigenvalue weighted by Crippen LogP contribution is 2.28. The Bertz CT molecular complexity index is 583. The number of ether oxygens (including phenoxy) is 1. The van der Waals surface area contributed by atoms with Crippen molar-refractivity contribution >= 4 is 22.6 Å². The summed E-state index contributed by atoms with van der Waals surface area (Å²) in [4.78, 5) is 4.44. The van der Waals surface area contributed by atoms with E-state index in [0.717, 1.165) is 11.3 Å². The second kappa shape index (κ2) is 6.55. The van der Waals surface area contributed by atoms with E-state index in [1.807, 2.05) is 6.92 Å². The summed E-state index contributed by atoms with van der Waals surface area (Å²) >= 11 is 6.01. The predicted molar refractivity (Wildman–Crippen MR) is 79.6 cm³/mol. The van der Waals surface area contributed by atoms with Gasteiger partial charge < -0.3 is 9.30 Å². The maximum absolute atomic E-state index is 13.3. The van der Waals surface area contributed by atoms with E-state index < -0.39 is 0 Å². The summed E-state index contributed by atoms with van der Waals surface area (Å²) in [6.07, 6.45) is 0. The van der Waals surface area contributed by atoms with Gasteiger partial charge in [-0.3, -0.25) is 0 Å². The molecule has 1 aromatic carbocycles. The lowest BCUT2D eigenvalue weighted by atomic mass is 10.0. The molecule has 110 valence electrons. The summed E-state index contributed by atoms with van der Waals surface area (Å²) in [7, 11) is 0. The molecule has 0 N–H and O–H groups in total. The summed E-state index contributed by atoms with van der Waals surface area (Å²) in [6.45, 7) is 7.51. The van der Waals surface area contributed by atoms with Gasteiger partial charge in [0.05, 0.1) is 29.6 Å². The van der Waals surface area contributed by atoms with Crippen LogP contribution in [-0.2, 0) is 10.6 Å². The minimum Gasteiger partial charge on any atom is -0.380 e. The number of benzene rings is 1. The zero-order valence-corrected chi connectivity index (χ0v) is 12.8. The van der Waals surface area contributed by atoms with Crippen molar-refractivity contribution in [2.75, 3.05) is 13.2 Å². The summed E-state index contributed by atoms with van der Waals surface area (Å²) in [5.41, 5.74) is 1.54. The first kappa shape index (κ1) is 15.3. The third-order valence-electron chi connectivity index (χ3n) is 3.44. The van der Waals surface area contributed by atoms with Crippen molar-refractivity contribution in [1.82, 2.24) is 9.55 Å². The molecule has 0 saturated carbocycles. The van der Waals surface area contributed by atoms with Crippen molar-refractivity contribution < 1.29 is 9.13 Å². The quantitative estimate of drug-likeness (QED) is 0.749. The Morgan fingerprint density at radius 3 is 2.75 bits per heavy atom. The van der Waals surface area contributed by atoms with Crippen molar-refractivity contribution in [1.29, 1.82) is 0 Å². The zero-order chi connectivity index (χ0) is 14.7. The van der Waals surface area contributed by atoms with E-state index in [-0.39, 0.29) is 11.9 Å². The highest BCUT2D eigenvalue weighted by atomic mass is 35.5. The van der Waals surface area contributed by atoms with Gasteiger partial charge in [0.25, 0.3) is 0 Å². The Kier molecular flexibility index (Phi) is 5.00.